The molecule has 0 aliphatic heterocycles. The second-order valence-electron chi connectivity index (χ2n) is 3.43. The van der Waals surface area contributed by atoms with Crippen LogP contribution in [0.2, 0.25) is 0 Å². The van der Waals surface area contributed by atoms with E-state index in [1.165, 1.54) is 24.3 Å². The molecule has 0 heterocycles. The SMILES string of the molecule is NC(=O)CNS(=O)(=O)Cc1ccccc1[N+](=O)[O-]. The van der Waals surface area contributed by atoms with Crippen molar-refractivity contribution in [1.82, 2.24) is 4.72 Å². The van der Waals surface area contributed by atoms with Crippen LogP contribution in [0.3, 0.4) is 0 Å². The highest BCUT2D eigenvalue weighted by atomic mass is 32.2. The van der Waals surface area contributed by atoms with Crippen molar-refractivity contribution in [3.63, 3.8) is 0 Å². The Balaban J connectivity index is 2.90. The van der Waals surface area contributed by atoms with Gasteiger partial charge in [-0.3, -0.25) is 14.9 Å². The van der Waals surface area contributed by atoms with E-state index in [9.17, 15) is 23.3 Å². The number of hydrogen-bond donors (Lipinski definition) is 2. The summed E-state index contributed by atoms with van der Waals surface area (Å²) in [6, 6.07) is 5.47. The second kappa shape index (κ2) is 5.56. The molecule has 98 valence electrons. The molecule has 0 saturated carbocycles. The first-order chi connectivity index (χ1) is 8.32. The maximum atomic E-state index is 11.5. The topological polar surface area (TPSA) is 132 Å². The summed E-state index contributed by atoms with van der Waals surface area (Å²) in [7, 11) is -3.84. The van der Waals surface area contributed by atoms with Gasteiger partial charge in [0.15, 0.2) is 0 Å². The van der Waals surface area contributed by atoms with Crippen LogP contribution in [-0.2, 0) is 20.6 Å². The molecule has 0 bridgehead atoms. The number of amides is 1. The Hall–Kier alpha value is -2.00. The molecule has 0 spiro atoms. The number of nitrogens with two attached hydrogens (primary N) is 1. The molecular formula is C9H11N3O5S. The lowest BCUT2D eigenvalue weighted by Crippen LogP contribution is -2.34. The van der Waals surface area contributed by atoms with E-state index in [2.05, 4.69) is 0 Å². The normalized spacial score (nSPS) is 11.1. The molecule has 3 N–H and O–H groups in total. The molecule has 9 heteroatoms. The zero-order chi connectivity index (χ0) is 13.8. The molecule has 0 aliphatic carbocycles. The van der Waals surface area contributed by atoms with E-state index in [-0.39, 0.29) is 11.3 Å². The Morgan fingerprint density at radius 1 is 1.39 bits per heavy atom. The fraction of sp³-hybridized carbons (Fsp3) is 0.222. The van der Waals surface area contributed by atoms with Crippen LogP contribution >= 0.6 is 0 Å². The van der Waals surface area contributed by atoms with Crippen LogP contribution in [0, 0.1) is 10.1 Å². The molecule has 0 radical (unpaired) electrons. The molecule has 0 aliphatic rings. The van der Waals surface area contributed by atoms with E-state index >= 15 is 0 Å². The van der Waals surface area contributed by atoms with E-state index < -0.39 is 33.2 Å². The molecule has 0 unspecified atom stereocenters. The zero-order valence-corrected chi connectivity index (χ0v) is 10.0. The van der Waals surface area contributed by atoms with Gasteiger partial charge < -0.3 is 5.73 Å². The zero-order valence-electron chi connectivity index (χ0n) is 9.20. The van der Waals surface area contributed by atoms with Crippen LogP contribution in [0.25, 0.3) is 0 Å². The summed E-state index contributed by atoms with van der Waals surface area (Å²) >= 11 is 0. The van der Waals surface area contributed by atoms with Crippen LogP contribution < -0.4 is 10.5 Å². The molecular weight excluding hydrogens is 262 g/mol. The number of nitrogens with one attached hydrogen (secondary N) is 1. The minimum atomic E-state index is -3.84. The maximum Gasteiger partial charge on any atom is 0.273 e. The van der Waals surface area contributed by atoms with Crippen molar-refractivity contribution in [1.29, 1.82) is 0 Å². The molecule has 0 saturated heterocycles. The number of nitrogens with zero attached hydrogens (tertiary/aromatic N) is 1. The Morgan fingerprint density at radius 2 is 2.00 bits per heavy atom. The smallest absolute Gasteiger partial charge is 0.273 e. The highest BCUT2D eigenvalue weighted by molar-refractivity contribution is 7.88. The lowest BCUT2D eigenvalue weighted by Gasteiger charge is -2.05. The largest absolute Gasteiger partial charge is 0.369 e. The van der Waals surface area contributed by atoms with Crippen molar-refractivity contribution < 1.29 is 18.1 Å². The number of nitro benzene ring substituents is 1. The maximum absolute atomic E-state index is 11.5. The summed E-state index contributed by atoms with van der Waals surface area (Å²) in [5.74, 6) is -1.42. The van der Waals surface area contributed by atoms with Crippen LogP contribution in [0.1, 0.15) is 5.56 Å². The third kappa shape index (κ3) is 4.11. The molecule has 18 heavy (non-hydrogen) atoms. The van der Waals surface area contributed by atoms with Gasteiger partial charge in [0.05, 0.1) is 17.2 Å². The minimum absolute atomic E-state index is 0.0412. The minimum Gasteiger partial charge on any atom is -0.369 e. The van der Waals surface area contributed by atoms with Gasteiger partial charge in [0.2, 0.25) is 15.9 Å². The van der Waals surface area contributed by atoms with Gasteiger partial charge in [-0.15, -0.1) is 0 Å². The Bertz CT molecular complexity index is 569. The van der Waals surface area contributed by atoms with Gasteiger partial charge in [-0.25, -0.2) is 13.1 Å². The number of nitro groups is 1. The van der Waals surface area contributed by atoms with Gasteiger partial charge in [0.25, 0.3) is 5.69 Å². The third-order valence-electron chi connectivity index (χ3n) is 2.00. The Kier molecular flexibility index (Phi) is 4.34. The first-order valence-electron chi connectivity index (χ1n) is 4.80. The number of primary amides is 1. The lowest BCUT2D eigenvalue weighted by molar-refractivity contribution is -0.385. The number of sulfonamides is 1. The third-order valence-corrected chi connectivity index (χ3v) is 3.28. The fourth-order valence-electron chi connectivity index (χ4n) is 1.25. The molecule has 0 aromatic heterocycles. The van der Waals surface area contributed by atoms with Crippen LogP contribution in [0.4, 0.5) is 5.69 Å². The molecule has 1 amide bonds. The number of rotatable bonds is 6. The molecule has 8 nitrogen and oxygen atoms in total. The molecule has 1 rings (SSSR count). The molecule has 1 aromatic rings. The Labute approximate surface area is 103 Å². The van der Waals surface area contributed by atoms with Crippen molar-refractivity contribution in [2.75, 3.05) is 6.54 Å². The number of hydrogen-bond acceptors (Lipinski definition) is 5. The first kappa shape index (κ1) is 14.1. The van der Waals surface area contributed by atoms with Crippen molar-refractivity contribution in [2.24, 2.45) is 5.73 Å². The quantitative estimate of drug-likeness (QED) is 0.532. The highest BCUT2D eigenvalue weighted by Gasteiger charge is 2.19. The van der Waals surface area contributed by atoms with Gasteiger partial charge in [-0.1, -0.05) is 18.2 Å². The first-order valence-corrected chi connectivity index (χ1v) is 6.45. The molecule has 0 atom stereocenters. The second-order valence-corrected chi connectivity index (χ2v) is 5.24. The summed E-state index contributed by atoms with van der Waals surface area (Å²) in [5.41, 5.74) is 4.55. The van der Waals surface area contributed by atoms with Crippen molar-refractivity contribution in [3.05, 3.63) is 39.9 Å². The van der Waals surface area contributed by atoms with Gasteiger partial charge in [0, 0.05) is 11.6 Å². The lowest BCUT2D eigenvalue weighted by atomic mass is 10.2. The highest BCUT2D eigenvalue weighted by Crippen LogP contribution is 2.19. The number of carbonyl (C=O) groups is 1. The Morgan fingerprint density at radius 3 is 2.56 bits per heavy atom. The summed E-state index contributed by atoms with van der Waals surface area (Å²) in [6.45, 7) is -0.539. The van der Waals surface area contributed by atoms with Crippen LogP contribution in [-0.4, -0.2) is 25.8 Å². The summed E-state index contributed by atoms with van der Waals surface area (Å²) in [6.07, 6.45) is 0. The van der Waals surface area contributed by atoms with Gasteiger partial charge in [-0.05, 0) is 0 Å². The average Bonchev–Trinajstić information content (AvgIpc) is 2.26. The summed E-state index contributed by atoms with van der Waals surface area (Å²) in [4.78, 5) is 20.5. The monoisotopic (exact) mass is 273 g/mol. The summed E-state index contributed by atoms with van der Waals surface area (Å²) in [5, 5.41) is 10.7. The molecule has 0 fully saturated rings. The van der Waals surface area contributed by atoms with E-state index in [0.717, 1.165) is 0 Å². The number of benzene rings is 1. The van der Waals surface area contributed by atoms with E-state index in [1.54, 1.807) is 0 Å². The van der Waals surface area contributed by atoms with E-state index in [0.29, 0.717) is 0 Å². The van der Waals surface area contributed by atoms with E-state index in [4.69, 9.17) is 5.73 Å². The predicted octanol–water partition coefficient (Wildman–Crippen LogP) is -0.500. The standard InChI is InChI=1S/C9H11N3O5S/c10-9(13)5-11-18(16,17)6-7-3-1-2-4-8(7)12(14)15/h1-4,11H,5-6H2,(H2,10,13). The average molecular weight is 273 g/mol. The predicted molar refractivity (Wildman–Crippen MR) is 62.9 cm³/mol. The molecule has 1 aromatic carbocycles. The fourth-order valence-corrected chi connectivity index (χ4v) is 2.37. The number of para-hydroxylation sites is 1. The van der Waals surface area contributed by atoms with Crippen molar-refractivity contribution in [2.45, 2.75) is 5.75 Å². The van der Waals surface area contributed by atoms with Gasteiger partial charge in [-0.2, -0.15) is 0 Å². The van der Waals surface area contributed by atoms with Crippen molar-refractivity contribution in [3.8, 4) is 0 Å². The number of carbonyl (C=O) groups excluding carboxylic acids is 1. The van der Waals surface area contributed by atoms with Gasteiger partial charge >= 0.3 is 0 Å². The summed E-state index contributed by atoms with van der Waals surface area (Å²) < 4.78 is 25.0. The van der Waals surface area contributed by atoms with Crippen LogP contribution in [0.15, 0.2) is 24.3 Å². The van der Waals surface area contributed by atoms with Gasteiger partial charge in [0.1, 0.15) is 0 Å². The van der Waals surface area contributed by atoms with Crippen molar-refractivity contribution >= 4 is 21.6 Å². The van der Waals surface area contributed by atoms with Crippen LogP contribution in [0.5, 0.6) is 0 Å². The van der Waals surface area contributed by atoms with E-state index in [1.807, 2.05) is 4.72 Å².